The molecule has 2 aromatic rings. The van der Waals surface area contributed by atoms with Crippen LogP contribution in [0.5, 0.6) is 0 Å². The predicted octanol–water partition coefficient (Wildman–Crippen LogP) is 2.55. The summed E-state index contributed by atoms with van der Waals surface area (Å²) in [5, 5.41) is 1.12. The minimum absolute atomic E-state index is 0.300. The molecule has 3 nitrogen and oxygen atoms in total. The van der Waals surface area contributed by atoms with Gasteiger partial charge in [0, 0.05) is 17.8 Å². The molecule has 15 heavy (non-hydrogen) atoms. The second-order valence-electron chi connectivity index (χ2n) is 3.09. The number of ether oxygens (including phenoxy) is 1. The molecule has 0 atom stereocenters. The molecule has 0 bridgehead atoms. The third-order valence-corrected chi connectivity index (χ3v) is 2.99. The van der Waals surface area contributed by atoms with Gasteiger partial charge in [-0.15, -0.1) is 0 Å². The van der Waals surface area contributed by atoms with Gasteiger partial charge in [0.2, 0.25) is 0 Å². The molecule has 1 aromatic heterocycles. The quantitative estimate of drug-likeness (QED) is 0.730. The normalized spacial score (nSPS) is 10.5. The third-order valence-electron chi connectivity index (χ3n) is 2.28. The summed E-state index contributed by atoms with van der Waals surface area (Å²) in [5.41, 5.74) is 1.62. The molecule has 0 saturated heterocycles. The minimum Gasteiger partial charge on any atom is -0.465 e. The van der Waals surface area contributed by atoms with Crippen molar-refractivity contribution in [2.75, 3.05) is 13.4 Å². The van der Waals surface area contributed by atoms with E-state index >= 15 is 0 Å². The maximum absolute atomic E-state index is 11.3. The van der Waals surface area contributed by atoms with E-state index < -0.39 is 0 Å². The van der Waals surface area contributed by atoms with Crippen LogP contribution in [0.25, 0.3) is 10.9 Å². The van der Waals surface area contributed by atoms with E-state index in [2.05, 4.69) is 4.74 Å². The number of fused-ring (bicyclic) bond motifs is 1. The number of carbonyl (C=O) groups excluding carboxylic acids is 1. The molecule has 0 spiro atoms. The van der Waals surface area contributed by atoms with Crippen molar-refractivity contribution in [3.8, 4) is 0 Å². The largest absolute Gasteiger partial charge is 0.465 e. The first-order valence-electron chi connectivity index (χ1n) is 4.50. The highest BCUT2D eigenvalue weighted by Gasteiger charge is 2.07. The summed E-state index contributed by atoms with van der Waals surface area (Å²) < 4.78 is 6.70. The van der Waals surface area contributed by atoms with Crippen molar-refractivity contribution in [2.24, 2.45) is 0 Å². The molecule has 1 heterocycles. The Hall–Kier alpha value is -1.42. The van der Waals surface area contributed by atoms with Gasteiger partial charge in [0.15, 0.2) is 0 Å². The SMILES string of the molecule is COC(=O)c1ccc2ccn(SC)c2c1. The highest BCUT2D eigenvalue weighted by Crippen LogP contribution is 2.21. The zero-order chi connectivity index (χ0) is 10.8. The van der Waals surface area contributed by atoms with Crippen molar-refractivity contribution >= 4 is 28.8 Å². The molecule has 0 unspecified atom stereocenters. The smallest absolute Gasteiger partial charge is 0.337 e. The summed E-state index contributed by atoms with van der Waals surface area (Å²) in [5.74, 6) is -0.300. The Kier molecular flexibility index (Phi) is 2.68. The number of esters is 1. The molecule has 2 rings (SSSR count). The number of hydrogen-bond donors (Lipinski definition) is 0. The van der Waals surface area contributed by atoms with E-state index in [1.807, 2.05) is 34.6 Å². The fraction of sp³-hybridized carbons (Fsp3) is 0.182. The van der Waals surface area contributed by atoms with E-state index in [-0.39, 0.29) is 5.97 Å². The molecule has 0 aliphatic carbocycles. The molecular weight excluding hydrogens is 210 g/mol. The molecule has 1 aromatic carbocycles. The molecule has 0 amide bonds. The Morgan fingerprint density at radius 3 is 2.87 bits per heavy atom. The summed E-state index contributed by atoms with van der Waals surface area (Å²) in [6, 6.07) is 7.57. The number of methoxy groups -OCH3 is 1. The fourth-order valence-corrected chi connectivity index (χ4v) is 2.05. The lowest BCUT2D eigenvalue weighted by molar-refractivity contribution is 0.0601. The summed E-state index contributed by atoms with van der Waals surface area (Å²) in [6.45, 7) is 0. The number of benzene rings is 1. The lowest BCUT2D eigenvalue weighted by Gasteiger charge is -2.02. The predicted molar refractivity (Wildman–Crippen MR) is 62.2 cm³/mol. The summed E-state index contributed by atoms with van der Waals surface area (Å²) >= 11 is 1.60. The summed E-state index contributed by atoms with van der Waals surface area (Å²) in [4.78, 5) is 11.3. The van der Waals surface area contributed by atoms with Gasteiger partial charge >= 0.3 is 5.97 Å². The van der Waals surface area contributed by atoms with Crippen LogP contribution in [-0.2, 0) is 4.74 Å². The standard InChI is InChI=1S/C11H11NO2S/c1-14-11(13)9-4-3-8-5-6-12(15-2)10(8)7-9/h3-7H,1-2H3. The zero-order valence-corrected chi connectivity index (χ0v) is 9.38. The lowest BCUT2D eigenvalue weighted by Crippen LogP contribution is -2.00. The van der Waals surface area contributed by atoms with Crippen LogP contribution in [0.1, 0.15) is 10.4 Å². The number of aromatic nitrogens is 1. The van der Waals surface area contributed by atoms with E-state index in [9.17, 15) is 4.79 Å². The van der Waals surface area contributed by atoms with Crippen molar-refractivity contribution < 1.29 is 9.53 Å². The number of nitrogens with zero attached hydrogens (tertiary/aromatic N) is 1. The maximum Gasteiger partial charge on any atom is 0.337 e. The van der Waals surface area contributed by atoms with Crippen molar-refractivity contribution in [2.45, 2.75) is 0 Å². The fourth-order valence-electron chi connectivity index (χ4n) is 1.51. The molecule has 0 fully saturated rings. The van der Waals surface area contributed by atoms with Gasteiger partial charge in [-0.1, -0.05) is 6.07 Å². The van der Waals surface area contributed by atoms with Gasteiger partial charge in [0.05, 0.1) is 18.2 Å². The van der Waals surface area contributed by atoms with E-state index in [0.29, 0.717) is 5.56 Å². The molecule has 0 radical (unpaired) electrons. The Balaban J connectivity index is 2.57. The first-order valence-corrected chi connectivity index (χ1v) is 5.68. The average Bonchev–Trinajstić information content (AvgIpc) is 2.69. The Bertz CT molecular complexity index is 504. The number of hydrogen-bond acceptors (Lipinski definition) is 3. The van der Waals surface area contributed by atoms with Crippen molar-refractivity contribution in [3.63, 3.8) is 0 Å². The van der Waals surface area contributed by atoms with Gasteiger partial charge in [0.1, 0.15) is 0 Å². The van der Waals surface area contributed by atoms with Crippen molar-refractivity contribution in [3.05, 3.63) is 36.0 Å². The van der Waals surface area contributed by atoms with E-state index in [4.69, 9.17) is 0 Å². The first-order chi connectivity index (χ1) is 7.26. The highest BCUT2D eigenvalue weighted by atomic mass is 32.2. The van der Waals surface area contributed by atoms with Crippen molar-refractivity contribution in [1.29, 1.82) is 0 Å². The van der Waals surface area contributed by atoms with Crippen LogP contribution in [0, 0.1) is 0 Å². The van der Waals surface area contributed by atoms with Gasteiger partial charge in [-0.2, -0.15) is 0 Å². The molecular formula is C11H11NO2S. The molecule has 0 saturated carbocycles. The Labute approximate surface area is 92.2 Å². The second-order valence-corrected chi connectivity index (χ2v) is 3.85. The van der Waals surface area contributed by atoms with Crippen LogP contribution in [-0.4, -0.2) is 23.3 Å². The maximum atomic E-state index is 11.3. The molecule has 0 aliphatic rings. The number of rotatable bonds is 2. The Morgan fingerprint density at radius 2 is 2.20 bits per heavy atom. The average molecular weight is 221 g/mol. The summed E-state index contributed by atoms with van der Waals surface area (Å²) in [7, 11) is 1.39. The van der Waals surface area contributed by atoms with Crippen LogP contribution in [0.4, 0.5) is 0 Å². The Morgan fingerprint density at radius 1 is 1.40 bits per heavy atom. The second kappa shape index (κ2) is 3.98. The molecule has 0 aliphatic heterocycles. The van der Waals surface area contributed by atoms with Crippen LogP contribution < -0.4 is 0 Å². The van der Waals surface area contributed by atoms with E-state index in [1.54, 1.807) is 18.0 Å². The van der Waals surface area contributed by atoms with Gasteiger partial charge in [-0.05, 0) is 30.1 Å². The van der Waals surface area contributed by atoms with Gasteiger partial charge in [-0.25, -0.2) is 4.79 Å². The van der Waals surface area contributed by atoms with Crippen LogP contribution in [0.3, 0.4) is 0 Å². The van der Waals surface area contributed by atoms with Crippen molar-refractivity contribution in [1.82, 2.24) is 3.97 Å². The van der Waals surface area contributed by atoms with Gasteiger partial charge in [-0.3, -0.25) is 3.97 Å². The molecule has 0 N–H and O–H groups in total. The highest BCUT2D eigenvalue weighted by molar-refractivity contribution is 7.97. The van der Waals surface area contributed by atoms with Crippen LogP contribution in [0.2, 0.25) is 0 Å². The summed E-state index contributed by atoms with van der Waals surface area (Å²) in [6.07, 6.45) is 3.97. The van der Waals surface area contributed by atoms with E-state index in [1.165, 1.54) is 7.11 Å². The van der Waals surface area contributed by atoms with Gasteiger partial charge < -0.3 is 4.74 Å². The first kappa shape index (κ1) is 10.1. The zero-order valence-electron chi connectivity index (χ0n) is 8.56. The molecule has 4 heteroatoms. The van der Waals surface area contributed by atoms with E-state index in [0.717, 1.165) is 10.9 Å². The lowest BCUT2D eigenvalue weighted by atomic mass is 10.2. The number of carbonyl (C=O) groups is 1. The monoisotopic (exact) mass is 221 g/mol. The molecule has 78 valence electrons. The van der Waals surface area contributed by atoms with Gasteiger partial charge in [0.25, 0.3) is 0 Å². The third kappa shape index (κ3) is 1.72. The van der Waals surface area contributed by atoms with Crippen LogP contribution in [0.15, 0.2) is 30.5 Å². The minimum atomic E-state index is -0.300. The topological polar surface area (TPSA) is 31.2 Å². The van der Waals surface area contributed by atoms with Crippen LogP contribution >= 0.6 is 11.9 Å².